The topological polar surface area (TPSA) is 113 Å². The van der Waals surface area contributed by atoms with E-state index in [9.17, 15) is 23.5 Å². The van der Waals surface area contributed by atoms with Gasteiger partial charge >= 0.3 is 5.97 Å². The van der Waals surface area contributed by atoms with E-state index in [0.29, 0.717) is 19.2 Å². The van der Waals surface area contributed by atoms with Gasteiger partial charge in [-0.2, -0.15) is 0 Å². The third-order valence-corrected chi connectivity index (χ3v) is 5.60. The zero-order chi connectivity index (χ0) is 23.2. The molecule has 1 aliphatic heterocycles. The van der Waals surface area contributed by atoms with Gasteiger partial charge in [-0.05, 0) is 32.0 Å². The highest BCUT2D eigenvalue weighted by molar-refractivity contribution is 5.92. The van der Waals surface area contributed by atoms with E-state index in [-0.39, 0.29) is 34.3 Å². The lowest BCUT2D eigenvalue weighted by molar-refractivity contribution is 0.0695. The van der Waals surface area contributed by atoms with Crippen LogP contribution in [-0.2, 0) is 0 Å². The maximum atomic E-state index is 15.0. The van der Waals surface area contributed by atoms with E-state index in [4.69, 9.17) is 5.73 Å². The highest BCUT2D eigenvalue weighted by atomic mass is 19.1. The van der Waals surface area contributed by atoms with Gasteiger partial charge in [0.2, 0.25) is 5.43 Å². The number of hydrogen-bond donors (Lipinski definition) is 3. The smallest absolute Gasteiger partial charge is 0.341 e. The van der Waals surface area contributed by atoms with Crippen molar-refractivity contribution in [2.24, 2.45) is 0 Å². The summed E-state index contributed by atoms with van der Waals surface area (Å²) in [5.41, 5.74) is 3.00. The molecule has 4 rings (SSSR count). The van der Waals surface area contributed by atoms with Gasteiger partial charge in [0.25, 0.3) is 0 Å². The van der Waals surface area contributed by atoms with Crippen LogP contribution in [-0.4, -0.2) is 46.8 Å². The molecule has 1 saturated heterocycles. The Bertz CT molecular complexity index is 1290. The van der Waals surface area contributed by atoms with Crippen molar-refractivity contribution in [2.45, 2.75) is 18.9 Å². The summed E-state index contributed by atoms with van der Waals surface area (Å²) < 4.78 is 44.3. The molecule has 1 aliphatic rings. The van der Waals surface area contributed by atoms with Gasteiger partial charge in [-0.3, -0.25) is 9.36 Å². The molecule has 0 aliphatic carbocycles. The lowest BCUT2D eigenvalue weighted by Crippen LogP contribution is -2.45. The predicted molar refractivity (Wildman–Crippen MR) is 113 cm³/mol. The minimum atomic E-state index is -1.58. The Hall–Kier alpha value is -3.60. The SMILES string of the molecule is CNC1CCCN(c2nc3c(cc2F)c(=O)c(C(=O)O)cn3-c2cc(N)c(F)cc2F)C1. The van der Waals surface area contributed by atoms with Gasteiger partial charge in [-0.1, -0.05) is 0 Å². The number of nitrogens with one attached hydrogen (secondary N) is 1. The molecule has 32 heavy (non-hydrogen) atoms. The molecule has 4 N–H and O–H groups in total. The third kappa shape index (κ3) is 3.64. The van der Waals surface area contributed by atoms with Crippen molar-refractivity contribution in [1.82, 2.24) is 14.9 Å². The van der Waals surface area contributed by atoms with Gasteiger partial charge in [-0.15, -0.1) is 0 Å². The van der Waals surface area contributed by atoms with Gasteiger partial charge in [0.05, 0.1) is 16.8 Å². The van der Waals surface area contributed by atoms with Crippen LogP contribution < -0.4 is 21.4 Å². The maximum absolute atomic E-state index is 15.0. The van der Waals surface area contributed by atoms with Crippen LogP contribution in [0.4, 0.5) is 24.7 Å². The minimum Gasteiger partial charge on any atom is -0.477 e. The van der Waals surface area contributed by atoms with Crippen LogP contribution in [0.5, 0.6) is 0 Å². The minimum absolute atomic E-state index is 0.0517. The van der Waals surface area contributed by atoms with E-state index in [1.165, 1.54) is 0 Å². The number of pyridine rings is 2. The summed E-state index contributed by atoms with van der Waals surface area (Å²) in [6, 6.07) is 2.51. The number of aromatic nitrogens is 2. The van der Waals surface area contributed by atoms with Crippen molar-refractivity contribution in [3.63, 3.8) is 0 Å². The Kier molecular flexibility index (Phi) is 5.51. The number of hydrogen-bond acceptors (Lipinski definition) is 6. The molecule has 1 fully saturated rings. The largest absolute Gasteiger partial charge is 0.477 e. The molecule has 8 nitrogen and oxygen atoms in total. The summed E-state index contributed by atoms with van der Waals surface area (Å²) in [6.07, 6.45) is 2.55. The number of carboxylic acids is 1. The number of nitrogens with two attached hydrogens (primary N) is 1. The van der Waals surface area contributed by atoms with Crippen LogP contribution in [0.25, 0.3) is 16.7 Å². The Morgan fingerprint density at radius 2 is 1.97 bits per heavy atom. The van der Waals surface area contributed by atoms with Crippen LogP contribution in [0.15, 0.2) is 29.2 Å². The first-order valence-electron chi connectivity index (χ1n) is 9.87. The fourth-order valence-corrected chi connectivity index (χ4v) is 3.92. The fraction of sp³-hybridized carbons (Fsp3) is 0.286. The molecular weight excluding hydrogens is 427 g/mol. The highest BCUT2D eigenvalue weighted by Gasteiger charge is 2.25. The summed E-state index contributed by atoms with van der Waals surface area (Å²) in [5, 5.41) is 12.2. The Morgan fingerprint density at radius 1 is 1.22 bits per heavy atom. The van der Waals surface area contributed by atoms with Crippen molar-refractivity contribution in [2.75, 3.05) is 30.8 Å². The number of carbonyl (C=O) groups is 1. The van der Waals surface area contributed by atoms with Crippen LogP contribution in [0.2, 0.25) is 0 Å². The van der Waals surface area contributed by atoms with Crippen LogP contribution in [0.3, 0.4) is 0 Å². The molecule has 0 spiro atoms. The zero-order valence-corrected chi connectivity index (χ0v) is 17.0. The number of nitrogens with zero attached hydrogens (tertiary/aromatic N) is 3. The molecule has 1 aromatic carbocycles. The number of piperidine rings is 1. The number of fused-ring (bicyclic) bond motifs is 1. The molecule has 0 amide bonds. The second-order valence-corrected chi connectivity index (χ2v) is 7.61. The second kappa shape index (κ2) is 8.15. The van der Waals surface area contributed by atoms with Gasteiger partial charge in [0, 0.05) is 31.4 Å². The molecule has 168 valence electrons. The van der Waals surface area contributed by atoms with Gasteiger partial charge < -0.3 is 21.1 Å². The van der Waals surface area contributed by atoms with E-state index in [1.54, 1.807) is 11.9 Å². The maximum Gasteiger partial charge on any atom is 0.341 e. The molecule has 0 radical (unpaired) electrons. The standard InChI is InChI=1S/C21H20F3N5O3/c1-26-10-3-2-4-28(8-10)20-15(24)5-11-18(30)12(21(31)32)9-29(19(11)27-20)17-7-16(25)13(22)6-14(17)23/h5-7,9-10,26H,2-4,8,25H2,1H3,(H,31,32). The third-order valence-electron chi connectivity index (χ3n) is 5.60. The monoisotopic (exact) mass is 447 g/mol. The molecule has 3 aromatic rings. The van der Waals surface area contributed by atoms with Crippen LogP contribution >= 0.6 is 0 Å². The lowest BCUT2D eigenvalue weighted by Gasteiger charge is -2.33. The molecular formula is C21H20F3N5O3. The Balaban J connectivity index is 2.02. The number of aromatic carboxylic acids is 1. The Morgan fingerprint density at radius 3 is 2.66 bits per heavy atom. The number of halogens is 3. The average Bonchev–Trinajstić information content (AvgIpc) is 2.76. The molecule has 11 heteroatoms. The molecule has 0 saturated carbocycles. The number of likely N-dealkylation sites (N-methyl/N-ethyl adjacent to an activating group) is 1. The quantitative estimate of drug-likeness (QED) is 0.526. The van der Waals surface area contributed by atoms with E-state index in [0.717, 1.165) is 35.7 Å². The number of carboxylic acid groups (broad SMARTS) is 1. The zero-order valence-electron chi connectivity index (χ0n) is 17.0. The highest BCUT2D eigenvalue weighted by Crippen LogP contribution is 2.28. The Labute approximate surface area is 180 Å². The van der Waals surface area contributed by atoms with Crippen molar-refractivity contribution in [3.8, 4) is 5.69 Å². The van der Waals surface area contributed by atoms with E-state index >= 15 is 4.39 Å². The van der Waals surface area contributed by atoms with Gasteiger partial charge in [0.1, 0.15) is 17.2 Å². The molecule has 2 aromatic heterocycles. The molecule has 1 unspecified atom stereocenters. The summed E-state index contributed by atoms with van der Waals surface area (Å²) in [5.74, 6) is -4.50. The lowest BCUT2D eigenvalue weighted by atomic mass is 10.1. The number of anilines is 2. The molecule has 0 bridgehead atoms. The van der Waals surface area contributed by atoms with Crippen molar-refractivity contribution in [3.05, 3.63) is 57.6 Å². The van der Waals surface area contributed by atoms with E-state index in [2.05, 4.69) is 10.3 Å². The van der Waals surface area contributed by atoms with E-state index in [1.807, 2.05) is 0 Å². The predicted octanol–water partition coefficient (Wildman–Crippen LogP) is 2.27. The average molecular weight is 447 g/mol. The van der Waals surface area contributed by atoms with Crippen molar-refractivity contribution < 1.29 is 23.1 Å². The van der Waals surface area contributed by atoms with Gasteiger partial charge in [-0.25, -0.2) is 22.9 Å². The van der Waals surface area contributed by atoms with Gasteiger partial charge in [0.15, 0.2) is 17.3 Å². The first-order chi connectivity index (χ1) is 15.2. The summed E-state index contributed by atoms with van der Waals surface area (Å²) in [4.78, 5) is 30.3. The fourth-order valence-electron chi connectivity index (χ4n) is 3.92. The van der Waals surface area contributed by atoms with Crippen LogP contribution in [0.1, 0.15) is 23.2 Å². The number of nitrogen functional groups attached to an aromatic ring is 1. The first-order valence-corrected chi connectivity index (χ1v) is 9.87. The number of benzene rings is 1. The second-order valence-electron chi connectivity index (χ2n) is 7.61. The van der Waals surface area contributed by atoms with Crippen molar-refractivity contribution in [1.29, 1.82) is 0 Å². The summed E-state index contributed by atoms with van der Waals surface area (Å²) in [7, 11) is 1.80. The number of rotatable bonds is 4. The normalized spacial score (nSPS) is 16.5. The molecule has 3 heterocycles. The first kappa shape index (κ1) is 21.6. The summed E-state index contributed by atoms with van der Waals surface area (Å²) >= 11 is 0. The van der Waals surface area contributed by atoms with Crippen molar-refractivity contribution >= 4 is 28.5 Å². The van der Waals surface area contributed by atoms with E-state index < -0.39 is 34.4 Å². The molecule has 1 atom stereocenters. The summed E-state index contributed by atoms with van der Waals surface area (Å²) in [6.45, 7) is 0.976. The van der Waals surface area contributed by atoms with Crippen LogP contribution in [0, 0.1) is 17.5 Å².